The van der Waals surface area contributed by atoms with E-state index >= 15 is 0 Å². The largest absolute Gasteiger partial charge is 0.0629 e. The summed E-state index contributed by atoms with van der Waals surface area (Å²) in [7, 11) is 0. The van der Waals surface area contributed by atoms with Gasteiger partial charge in [0.2, 0.25) is 0 Å². The van der Waals surface area contributed by atoms with Crippen molar-refractivity contribution in [3.63, 3.8) is 0 Å². The Morgan fingerprint density at radius 1 is 0.611 bits per heavy atom. The average Bonchev–Trinajstić information content (AvgIpc) is 2.10. The normalized spacial score (nSPS) is 15.4. The zero-order valence-electron chi connectivity index (χ0n) is 15.6. The summed E-state index contributed by atoms with van der Waals surface area (Å²) in [5.74, 6) is 0. The molecule has 0 atom stereocenters. The van der Waals surface area contributed by atoms with Crippen molar-refractivity contribution in [2.75, 3.05) is 0 Å². The van der Waals surface area contributed by atoms with Crippen molar-refractivity contribution >= 4 is 0 Å². The van der Waals surface area contributed by atoms with Gasteiger partial charge in [0.05, 0.1) is 2.74 Å². The highest BCUT2D eigenvalue weighted by atomic mass is 14.3. The standard InChI is InChI=1S/C18H30/c1-16(2,3)13-10-14(17(4,5)6)12-15(11-13)18(7,8)9/h10-12H,1-9H3/i10D,11D. The van der Waals surface area contributed by atoms with Crippen molar-refractivity contribution in [2.45, 2.75) is 78.6 Å². The van der Waals surface area contributed by atoms with Gasteiger partial charge in [0.1, 0.15) is 0 Å². The Kier molecular flexibility index (Phi) is 3.00. The first-order valence-electron chi connectivity index (χ1n) is 7.83. The molecule has 0 aliphatic heterocycles. The highest BCUT2D eigenvalue weighted by Gasteiger charge is 2.23. The zero-order chi connectivity index (χ0) is 16.1. The van der Waals surface area contributed by atoms with Gasteiger partial charge in [-0.05, 0) is 32.9 Å². The Labute approximate surface area is 117 Å². The van der Waals surface area contributed by atoms with Crippen molar-refractivity contribution in [1.82, 2.24) is 0 Å². The maximum atomic E-state index is 8.58. The molecule has 1 aromatic rings. The molecule has 0 radical (unpaired) electrons. The molecule has 0 unspecified atom stereocenters. The molecule has 0 spiro atoms. The van der Waals surface area contributed by atoms with Gasteiger partial charge in [0.15, 0.2) is 0 Å². The van der Waals surface area contributed by atoms with Gasteiger partial charge in [0, 0.05) is 0 Å². The summed E-state index contributed by atoms with van der Waals surface area (Å²) in [6.45, 7) is 19.1. The number of rotatable bonds is 0. The van der Waals surface area contributed by atoms with Crippen LogP contribution in [-0.4, -0.2) is 0 Å². The lowest BCUT2D eigenvalue weighted by Gasteiger charge is -2.29. The quantitative estimate of drug-likeness (QED) is 0.562. The molecule has 0 aromatic heterocycles. The molecule has 1 aromatic carbocycles. The Hall–Kier alpha value is -0.780. The molecule has 0 fully saturated rings. The number of benzene rings is 1. The first-order chi connectivity index (χ1) is 8.67. The summed E-state index contributed by atoms with van der Waals surface area (Å²) >= 11 is 0. The van der Waals surface area contributed by atoms with E-state index in [4.69, 9.17) is 2.74 Å². The van der Waals surface area contributed by atoms with Gasteiger partial charge < -0.3 is 0 Å². The molecule has 0 saturated carbocycles. The van der Waals surface area contributed by atoms with E-state index in [1.807, 2.05) is 0 Å². The molecular formula is C18H30. The van der Waals surface area contributed by atoms with Gasteiger partial charge in [-0.25, -0.2) is 0 Å². The highest BCUT2D eigenvalue weighted by molar-refractivity contribution is 5.39. The van der Waals surface area contributed by atoms with E-state index in [0.29, 0.717) is 12.1 Å². The molecule has 0 N–H and O–H groups in total. The van der Waals surface area contributed by atoms with Crippen LogP contribution in [-0.2, 0) is 16.2 Å². The summed E-state index contributed by atoms with van der Waals surface area (Å²) in [4.78, 5) is 0. The van der Waals surface area contributed by atoms with Crippen LogP contribution in [0.2, 0.25) is 0 Å². The van der Waals surface area contributed by atoms with Crippen LogP contribution in [0, 0.1) is 0 Å². The molecule has 0 saturated heterocycles. The van der Waals surface area contributed by atoms with Crippen LogP contribution in [0.1, 0.15) is 81.7 Å². The molecule has 18 heavy (non-hydrogen) atoms. The van der Waals surface area contributed by atoms with Crippen LogP contribution in [0.4, 0.5) is 0 Å². The summed E-state index contributed by atoms with van der Waals surface area (Å²) in [5.41, 5.74) is 2.62. The van der Waals surface area contributed by atoms with Crippen LogP contribution >= 0.6 is 0 Å². The number of hydrogen-bond acceptors (Lipinski definition) is 0. The number of hydrogen-bond donors (Lipinski definition) is 0. The van der Waals surface area contributed by atoms with E-state index in [0.717, 1.165) is 16.7 Å². The molecule has 0 heterocycles. The second kappa shape index (κ2) is 4.40. The Morgan fingerprint density at radius 2 is 0.889 bits per heavy atom. The minimum atomic E-state index is -0.185. The van der Waals surface area contributed by atoms with Crippen molar-refractivity contribution in [1.29, 1.82) is 0 Å². The summed E-state index contributed by atoms with van der Waals surface area (Å²) < 4.78 is 17.2. The molecule has 1 rings (SSSR count). The Balaban J connectivity index is 3.86. The smallest absolute Gasteiger partial charge is 0.0561 e. The second-order valence-corrected chi connectivity index (χ2v) is 8.35. The lowest BCUT2D eigenvalue weighted by molar-refractivity contribution is 0.548. The molecular weight excluding hydrogens is 216 g/mol. The average molecular weight is 248 g/mol. The summed E-state index contributed by atoms with van der Waals surface area (Å²) in [6, 6.07) is 3.17. The van der Waals surface area contributed by atoms with E-state index in [1.165, 1.54) is 0 Å². The lowest BCUT2D eigenvalue weighted by atomic mass is 9.76. The minimum absolute atomic E-state index is 0.0786. The van der Waals surface area contributed by atoms with Crippen molar-refractivity contribution < 1.29 is 2.74 Å². The SMILES string of the molecule is [2H]c1c(C(C)(C)C)cc(C(C)(C)C)c([2H])c1C(C)(C)C. The fourth-order valence-electron chi connectivity index (χ4n) is 1.70. The van der Waals surface area contributed by atoms with Gasteiger partial charge >= 0.3 is 0 Å². The maximum Gasteiger partial charge on any atom is 0.0629 e. The zero-order valence-corrected chi connectivity index (χ0v) is 13.6. The van der Waals surface area contributed by atoms with Crippen molar-refractivity contribution in [2.24, 2.45) is 0 Å². The summed E-state index contributed by atoms with van der Waals surface area (Å²) in [6.07, 6.45) is 0. The summed E-state index contributed by atoms with van der Waals surface area (Å²) in [5, 5.41) is 0. The molecule has 0 amide bonds. The predicted octanol–water partition coefficient (Wildman–Crippen LogP) is 5.58. The van der Waals surface area contributed by atoms with Crippen LogP contribution in [0.25, 0.3) is 0 Å². The van der Waals surface area contributed by atoms with E-state index in [9.17, 15) is 0 Å². The monoisotopic (exact) mass is 248 g/mol. The first kappa shape index (κ1) is 12.3. The third kappa shape index (κ3) is 3.60. The van der Waals surface area contributed by atoms with Gasteiger partial charge in [-0.15, -0.1) is 0 Å². The second-order valence-electron chi connectivity index (χ2n) is 8.35. The molecule has 102 valence electrons. The van der Waals surface area contributed by atoms with Crippen LogP contribution in [0.15, 0.2) is 18.2 Å². The Morgan fingerprint density at radius 3 is 1.11 bits per heavy atom. The van der Waals surface area contributed by atoms with Gasteiger partial charge in [-0.2, -0.15) is 0 Å². The maximum absolute atomic E-state index is 8.58. The molecule has 0 heteroatoms. The van der Waals surface area contributed by atoms with E-state index in [1.54, 1.807) is 0 Å². The van der Waals surface area contributed by atoms with Gasteiger partial charge in [-0.3, -0.25) is 0 Å². The highest BCUT2D eigenvalue weighted by Crippen LogP contribution is 2.34. The van der Waals surface area contributed by atoms with Crippen molar-refractivity contribution in [3.05, 3.63) is 34.8 Å². The third-order valence-corrected chi connectivity index (χ3v) is 3.17. The fraction of sp³-hybridized carbons (Fsp3) is 0.667. The predicted molar refractivity (Wildman–Crippen MR) is 82.5 cm³/mol. The topological polar surface area (TPSA) is 0 Å². The molecule has 0 nitrogen and oxygen atoms in total. The van der Waals surface area contributed by atoms with Gasteiger partial charge in [-0.1, -0.05) is 80.5 Å². The Bertz CT molecular complexity index is 468. The molecule has 0 aliphatic carbocycles. The van der Waals surface area contributed by atoms with E-state index < -0.39 is 0 Å². The first-order valence-corrected chi connectivity index (χ1v) is 6.83. The van der Waals surface area contributed by atoms with E-state index in [-0.39, 0.29) is 16.2 Å². The van der Waals surface area contributed by atoms with Crippen LogP contribution in [0.3, 0.4) is 0 Å². The van der Waals surface area contributed by atoms with Crippen molar-refractivity contribution in [3.8, 4) is 0 Å². The third-order valence-electron chi connectivity index (χ3n) is 3.17. The fourth-order valence-corrected chi connectivity index (χ4v) is 1.70. The van der Waals surface area contributed by atoms with Crippen LogP contribution < -0.4 is 0 Å². The van der Waals surface area contributed by atoms with Crippen LogP contribution in [0.5, 0.6) is 0 Å². The van der Waals surface area contributed by atoms with Gasteiger partial charge in [0.25, 0.3) is 0 Å². The molecule has 0 aliphatic rings. The lowest BCUT2D eigenvalue weighted by Crippen LogP contribution is -2.20. The molecule has 0 bridgehead atoms. The van der Waals surface area contributed by atoms with E-state index in [2.05, 4.69) is 68.4 Å². The minimum Gasteiger partial charge on any atom is -0.0561 e.